The minimum atomic E-state index is -6.53. The lowest BCUT2D eigenvalue weighted by atomic mass is 9.94. The first-order chi connectivity index (χ1) is 65.3. The van der Waals surface area contributed by atoms with Crippen molar-refractivity contribution in [1.29, 1.82) is 0 Å². The van der Waals surface area contributed by atoms with Gasteiger partial charge in [-0.1, -0.05) is 6.08 Å². The maximum Gasteiger partial charge on any atom is 0.397 e. The van der Waals surface area contributed by atoms with Gasteiger partial charge in [0.25, 0.3) is 0 Å². The summed E-state index contributed by atoms with van der Waals surface area (Å²) in [6.45, 7) is -5.36. The molecular formula is C51H82N4O77S12. The van der Waals surface area contributed by atoms with E-state index in [4.69, 9.17) is 75.8 Å². The van der Waals surface area contributed by atoms with Crippen molar-refractivity contribution >= 4 is 148 Å². The molecule has 8 aliphatic heterocycles. The summed E-state index contributed by atoms with van der Waals surface area (Å²) in [5.74, 6) is -10.3. The quantitative estimate of drug-likeness (QED) is 0.0199. The van der Waals surface area contributed by atoms with Crippen molar-refractivity contribution in [2.45, 2.75) is 245 Å². The van der Waals surface area contributed by atoms with E-state index in [1.807, 2.05) is 0 Å². The number of ether oxygens (including phenoxy) is 16. The number of aliphatic carboxylic acids is 4. The van der Waals surface area contributed by atoms with Crippen LogP contribution in [0.5, 0.6) is 0 Å². The van der Waals surface area contributed by atoms with E-state index in [-0.39, 0.29) is 0 Å². The molecule has 8 fully saturated rings. The first kappa shape index (κ1) is 124. The molecule has 0 aromatic rings. The van der Waals surface area contributed by atoms with Crippen molar-refractivity contribution in [3.63, 3.8) is 0 Å². The Labute approximate surface area is 804 Å². The van der Waals surface area contributed by atoms with Gasteiger partial charge in [0.2, 0.25) is 0 Å². The molecule has 8 saturated heterocycles. The van der Waals surface area contributed by atoms with Crippen molar-refractivity contribution in [3.05, 3.63) is 12.7 Å². The first-order valence-electron chi connectivity index (χ1n) is 37.5. The molecule has 8 rings (SSSR count). The zero-order valence-electron chi connectivity index (χ0n) is 69.2. The van der Waals surface area contributed by atoms with E-state index >= 15 is 0 Å². The summed E-state index contributed by atoms with van der Waals surface area (Å²) in [4.78, 5) is 52.2. The summed E-state index contributed by atoms with van der Waals surface area (Å²) in [6, 6.07) is -12.2. The Kier molecular flexibility index (Phi) is 41.2. The van der Waals surface area contributed by atoms with Gasteiger partial charge in [-0.15, -0.1) is 6.58 Å². The van der Waals surface area contributed by atoms with Crippen LogP contribution in [0.25, 0.3) is 0 Å². The molecule has 93 heteroatoms. The topological polar surface area (TPSA) is 1250 Å². The van der Waals surface area contributed by atoms with Crippen molar-refractivity contribution in [2.24, 2.45) is 0 Å². The summed E-state index contributed by atoms with van der Waals surface area (Å²) in [7, 11) is -73.3. The van der Waals surface area contributed by atoms with Crippen molar-refractivity contribution < 1.29 is 350 Å². The van der Waals surface area contributed by atoms with Gasteiger partial charge < -0.3 is 142 Å². The summed E-state index contributed by atoms with van der Waals surface area (Å²) < 4.78 is 540. The Balaban J connectivity index is 1.15. The van der Waals surface area contributed by atoms with Gasteiger partial charge >= 0.3 is 148 Å². The number of hydrogen-bond acceptors (Lipinski definition) is 61. The molecule has 0 aromatic heterocycles. The van der Waals surface area contributed by atoms with E-state index < -0.39 is 427 Å². The van der Waals surface area contributed by atoms with Gasteiger partial charge in [-0.25, -0.2) is 52.6 Å². The molecule has 0 amide bonds. The zero-order chi connectivity index (χ0) is 109. The minimum absolute atomic E-state index is 0.707. The zero-order valence-corrected chi connectivity index (χ0v) is 79.0. The Bertz CT molecular complexity index is 5990. The lowest BCUT2D eigenvalue weighted by molar-refractivity contribution is -0.379. The van der Waals surface area contributed by atoms with Crippen LogP contribution in [0.3, 0.4) is 0 Å². The molecule has 0 spiro atoms. The fourth-order valence-electron chi connectivity index (χ4n) is 14.4. The van der Waals surface area contributed by atoms with Gasteiger partial charge in [0.1, 0.15) is 146 Å². The molecule has 40 atom stereocenters. The molecule has 8 heterocycles. The van der Waals surface area contributed by atoms with Gasteiger partial charge in [0, 0.05) is 0 Å². The van der Waals surface area contributed by atoms with E-state index in [2.05, 4.69) is 40.0 Å². The molecule has 0 radical (unpaired) electrons. The molecule has 0 bridgehead atoms. The Morgan fingerprint density at radius 1 is 0.243 bits per heavy atom. The van der Waals surface area contributed by atoms with E-state index in [9.17, 15) is 241 Å². The number of carboxylic acids is 4. The van der Waals surface area contributed by atoms with Crippen molar-refractivity contribution in [3.8, 4) is 0 Å². The molecule has 0 aliphatic carbocycles. The first-order valence-corrected chi connectivity index (χ1v) is 54.2. The number of carbonyl (C=O) groups is 4. The highest BCUT2D eigenvalue weighted by molar-refractivity contribution is 7.85. The highest BCUT2D eigenvalue weighted by Gasteiger charge is 2.65. The van der Waals surface area contributed by atoms with E-state index in [0.717, 1.165) is 20.2 Å². The Hall–Kier alpha value is -4.94. The molecule has 29 N–H and O–H groups in total. The van der Waals surface area contributed by atoms with E-state index in [0.29, 0.717) is 0 Å². The van der Waals surface area contributed by atoms with Crippen LogP contribution in [-0.4, -0.2) is 524 Å². The normalized spacial score (nSPS) is 38.9. The third-order valence-electron chi connectivity index (χ3n) is 19.8. The fourth-order valence-corrected chi connectivity index (χ4v) is 20.0. The average Bonchev–Trinajstić information content (AvgIpc) is 0.753. The Morgan fingerprint density at radius 3 is 0.632 bits per heavy atom. The third-order valence-corrected chi connectivity index (χ3v) is 25.7. The predicted octanol–water partition coefficient (Wildman–Crippen LogP) is -20.7. The minimum Gasteiger partial charge on any atom is -0.479 e. The van der Waals surface area contributed by atoms with Crippen LogP contribution in [0.4, 0.5) is 0 Å². The van der Waals surface area contributed by atoms with Crippen LogP contribution >= 0.6 is 0 Å². The highest BCUT2D eigenvalue weighted by Crippen LogP contribution is 2.43. The van der Waals surface area contributed by atoms with Crippen molar-refractivity contribution in [2.75, 3.05) is 33.0 Å². The third kappa shape index (κ3) is 35.6. The van der Waals surface area contributed by atoms with Gasteiger partial charge in [-0.05, 0) is 0 Å². The highest BCUT2D eigenvalue weighted by atomic mass is 32.3. The monoisotopic (exact) mass is 2370 g/mol. The van der Waals surface area contributed by atoms with E-state index in [1.165, 1.54) is 4.72 Å². The van der Waals surface area contributed by atoms with Gasteiger partial charge in [0.15, 0.2) is 99.2 Å². The largest absolute Gasteiger partial charge is 0.479 e. The van der Waals surface area contributed by atoms with Crippen LogP contribution in [-0.2, 0) is 253 Å². The summed E-state index contributed by atoms with van der Waals surface area (Å²) in [5, 5.41) is 147. The van der Waals surface area contributed by atoms with Crippen LogP contribution in [0.2, 0.25) is 0 Å². The molecular weight excluding hydrogens is 2290 g/mol. The lowest BCUT2D eigenvalue weighted by Gasteiger charge is -2.51. The number of aliphatic hydroxyl groups excluding tert-OH is 9. The molecule has 0 aromatic carbocycles. The maximum absolute atomic E-state index is 13.5. The second kappa shape index (κ2) is 47.7. The molecule has 0 saturated carbocycles. The van der Waals surface area contributed by atoms with Gasteiger partial charge in [0.05, 0.1) is 33.0 Å². The average molecular weight is 2370 g/mol. The summed E-state index contributed by atoms with van der Waals surface area (Å²) in [5.41, 5.74) is 0. The smallest absolute Gasteiger partial charge is 0.397 e. The molecule has 840 valence electrons. The number of carboxylic acid groups (broad SMARTS) is 4. The lowest BCUT2D eigenvalue weighted by Crippen LogP contribution is -2.71. The number of rotatable bonds is 49. The summed E-state index contributed by atoms with van der Waals surface area (Å²) >= 11 is 0. The van der Waals surface area contributed by atoms with Gasteiger partial charge in [-0.2, -0.15) is 120 Å². The standard InChI is InChI=1S/C51H82N4O77S12/c1-2-3-109-44-12(52-133(73,74)75)16(56)25(8(114-44)4-110-137(85,86)87)119-49-34(130-142(100,101)102)22(62)29(37(126-49)41(67)68)123-46-14(54-135(79,80)81)18(58)27(10(116-46)6-112-139(91,92)93)121-51-36(132-144(106,107)108)24(64)31(39(128-51)43(71)72)124-47-15(55-136(82,83)84)19(59)28(11(117-47)7-113-140(94,95)96)120-50-35(131-143(103,104)105)23(63)30(38(127-50)42(69)70)122-45-13(53-134(76,77)78)17(57)26(9(115-45)5-111-138(88,89)90)118-48-33(129-141(97,98)99)21(61)20(60)32(125-48)40(65)66/h2,8-39,44-64H,1,3-7H2,(H,65,66)(H,67,68)(H,69,70)(H,71,72)(H,73,74,75)(H,76,77,78)(H,79,80,81)(H,82,83,84)(H,85,86,87)(H,88,89,90)(H,91,92,93)(H,94,95,96)(H,97,98,99)(H,100,101,102)(H,103,104,105)(H,106,107,108)/t8-,9-,10-,11-,12-,13-,14-,15-,16-,17-,18-,19-,20+,21+,22+,23+,24+,25-,26-,27-,28-,29+,30+,31+,32-,33-,34-,35-,36-,37-,38-,39-,44+,45-,46-,47-,48-,49-,50-,51-/m1/s1. The molecule has 144 heavy (non-hydrogen) atoms. The number of nitrogens with one attached hydrogen (secondary N) is 4. The van der Waals surface area contributed by atoms with Crippen LogP contribution < -0.4 is 18.9 Å². The van der Waals surface area contributed by atoms with Crippen LogP contribution in [0, 0.1) is 0 Å². The fraction of sp³-hybridized carbons (Fsp3) is 0.882. The number of aliphatic hydroxyl groups is 9. The second-order valence-electron chi connectivity index (χ2n) is 29.7. The van der Waals surface area contributed by atoms with Gasteiger partial charge in [-0.3, -0.25) is 54.6 Å². The Morgan fingerprint density at radius 2 is 0.438 bits per heavy atom. The maximum atomic E-state index is 13.5. The van der Waals surface area contributed by atoms with E-state index in [1.54, 1.807) is 0 Å². The van der Waals surface area contributed by atoms with Crippen LogP contribution in [0.1, 0.15) is 0 Å². The van der Waals surface area contributed by atoms with Crippen molar-refractivity contribution in [1.82, 2.24) is 18.9 Å². The molecule has 0 unspecified atom stereocenters. The summed E-state index contributed by atoms with van der Waals surface area (Å²) in [6.07, 6.45) is -114. The predicted molar refractivity (Wildman–Crippen MR) is 414 cm³/mol. The second-order valence-corrected chi connectivity index (χ2v) is 43.0. The molecule has 8 aliphatic rings. The SMILES string of the molecule is C=CCO[C@H]1O[C@H](COS(=O)(=O)O)[C@@H](O[C@@H]2O[C@@H](C(=O)O)[C@@H](O[C@H]3O[C@H](COS(=O)(=O)O)[C@@H](O[C@@H]4O[C@@H](C(=O)O)[C@@H](O[C@H]5O[C@H](COS(=O)(=O)O)[C@@H](O[C@@H]6O[C@@H](C(=O)O)[C@@H](O[C@H]7O[C@H](COS(=O)(=O)O)[C@@H](O[C@@H]8O[C@@H](C(=O)O)[C@@H](O)[C@H](O)[C@H]8OS(=O)(=O)O)[C@H](O)[C@H]7NS(=O)(=O)O)[C@H](O)[C@H]6OS(=O)(=O)O)[C@H](O)[C@H]5NS(=O)(=O)O)[C@H](O)[C@H]4OS(=O)(=O)O)[C@H](O)[C@H]3NS(=O)(=O)O)[C@H](O)[C@H]2OS(=O)(=O)O)[C@H](O)[C@H]1NS(=O)(=O)O. The van der Waals surface area contributed by atoms with Crippen LogP contribution in [0.15, 0.2) is 12.7 Å². The number of hydrogen-bond donors (Lipinski definition) is 29. The molecule has 81 nitrogen and oxygen atoms in total.